The number of thioether (sulfide) groups is 1. The molecule has 7 aliphatic rings. The van der Waals surface area contributed by atoms with E-state index in [0.717, 1.165) is 34.2 Å². The molecule has 0 amide bonds. The molecule has 2 saturated heterocycles. The standard InChI is InChI=1S/C33H34N2O9S/c1-12-7-16-17-8-32(17)14(3)35-24(23(34(32)5)20(16)25(38)26(12)40-6)30-21-22(33(35)9-19(33)44-31(39)18(37)10-45-30)29-28(41-11-42-29)13(2)27(21)43-15(4)36/h7,14,17,19,23-24,30,38H,8-11H2,1-6H3/t14-,17+,19?,23+,24?,30+,32?,33?/m0/s1. The van der Waals surface area contributed by atoms with Crippen molar-refractivity contribution >= 4 is 29.5 Å². The summed E-state index contributed by atoms with van der Waals surface area (Å²) in [5.74, 6) is 0.239. The Kier molecular flexibility index (Phi) is 5.35. The Hall–Kier alpha value is -3.48. The second-order valence-corrected chi connectivity index (χ2v) is 14.7. The van der Waals surface area contributed by atoms with E-state index >= 15 is 0 Å². The van der Waals surface area contributed by atoms with Gasteiger partial charge < -0.3 is 28.8 Å². The van der Waals surface area contributed by atoms with Gasteiger partial charge in [0.25, 0.3) is 0 Å². The van der Waals surface area contributed by atoms with Crippen LogP contribution in [-0.4, -0.2) is 83.1 Å². The van der Waals surface area contributed by atoms with E-state index in [1.165, 1.54) is 18.7 Å². The molecule has 5 heterocycles. The summed E-state index contributed by atoms with van der Waals surface area (Å²) in [5, 5.41) is 11.5. The van der Waals surface area contributed by atoms with Crippen molar-refractivity contribution in [2.45, 2.75) is 87.0 Å². The molecular weight excluding hydrogens is 600 g/mol. The molecule has 2 saturated carbocycles. The SMILES string of the molecule is COc1c(C)cc2c(c1O)[C@@H]1C3[C@@H]4SCC(=O)C(=O)OC5CC5(c5c6c(c(C)c(OC(C)=O)c54)OCO6)N3[C@@H](C)C3(C[C@H]23)N1C. The van der Waals surface area contributed by atoms with Crippen molar-refractivity contribution in [3.05, 3.63) is 39.4 Å². The molecule has 12 heteroatoms. The topological polar surface area (TPSA) is 124 Å². The molecule has 0 aromatic heterocycles. The first-order chi connectivity index (χ1) is 21.5. The molecule has 4 bridgehead atoms. The monoisotopic (exact) mass is 634 g/mol. The van der Waals surface area contributed by atoms with Gasteiger partial charge in [0, 0.05) is 59.1 Å². The van der Waals surface area contributed by atoms with Gasteiger partial charge in [-0.1, -0.05) is 6.07 Å². The van der Waals surface area contributed by atoms with Gasteiger partial charge >= 0.3 is 11.9 Å². The lowest BCUT2D eigenvalue weighted by atomic mass is 9.70. The van der Waals surface area contributed by atoms with E-state index in [0.29, 0.717) is 35.0 Å². The van der Waals surface area contributed by atoms with E-state index in [1.54, 1.807) is 7.11 Å². The Labute approximate surface area is 264 Å². The number of aromatic hydroxyl groups is 1. The van der Waals surface area contributed by atoms with Gasteiger partial charge in [-0.05, 0) is 45.4 Å². The predicted molar refractivity (Wildman–Crippen MR) is 160 cm³/mol. The molecular formula is C33H34N2O9S. The number of methoxy groups -OCH3 is 1. The Morgan fingerprint density at radius 2 is 1.89 bits per heavy atom. The minimum atomic E-state index is -0.855. The largest absolute Gasteiger partial charge is 0.504 e. The van der Waals surface area contributed by atoms with E-state index in [2.05, 4.69) is 29.8 Å². The number of carbonyl (C=O) groups excluding carboxylic acids is 3. The van der Waals surface area contributed by atoms with Crippen molar-refractivity contribution in [2.75, 3.05) is 26.7 Å². The van der Waals surface area contributed by atoms with Crippen LogP contribution in [0.3, 0.4) is 0 Å². The van der Waals surface area contributed by atoms with E-state index in [9.17, 15) is 19.5 Å². The Morgan fingerprint density at radius 3 is 2.62 bits per heavy atom. The molecule has 2 spiro atoms. The average molecular weight is 635 g/mol. The van der Waals surface area contributed by atoms with Gasteiger partial charge in [-0.15, -0.1) is 11.8 Å². The summed E-state index contributed by atoms with van der Waals surface area (Å²) in [6.45, 7) is 7.44. The smallest absolute Gasteiger partial charge is 0.375 e. The molecule has 236 valence electrons. The van der Waals surface area contributed by atoms with Gasteiger partial charge in [0.05, 0.1) is 29.7 Å². The van der Waals surface area contributed by atoms with Crippen LogP contribution in [0.2, 0.25) is 0 Å². The van der Waals surface area contributed by atoms with E-state index in [-0.39, 0.29) is 47.9 Å². The maximum absolute atomic E-state index is 13.1. The van der Waals surface area contributed by atoms with Gasteiger partial charge in [-0.3, -0.25) is 19.4 Å². The summed E-state index contributed by atoms with van der Waals surface area (Å²) in [7, 11) is 3.70. The summed E-state index contributed by atoms with van der Waals surface area (Å²) < 4.78 is 30.0. The van der Waals surface area contributed by atoms with Crippen LogP contribution >= 0.6 is 11.8 Å². The number of aryl methyl sites for hydroxylation is 1. The molecule has 2 aliphatic carbocycles. The van der Waals surface area contributed by atoms with Crippen molar-refractivity contribution in [2.24, 2.45) is 0 Å². The number of esters is 2. The van der Waals surface area contributed by atoms with Crippen LogP contribution in [-0.2, 0) is 24.7 Å². The molecule has 45 heavy (non-hydrogen) atoms. The second kappa shape index (κ2) is 8.65. The molecule has 4 fully saturated rings. The van der Waals surface area contributed by atoms with Gasteiger partial charge in [-0.25, -0.2) is 4.79 Å². The summed E-state index contributed by atoms with van der Waals surface area (Å²) in [6.07, 6.45) is 0.737. The summed E-state index contributed by atoms with van der Waals surface area (Å²) in [4.78, 5) is 43.8. The highest BCUT2D eigenvalue weighted by Crippen LogP contribution is 2.77. The van der Waals surface area contributed by atoms with Crippen molar-refractivity contribution in [1.82, 2.24) is 9.80 Å². The van der Waals surface area contributed by atoms with Crippen LogP contribution in [0.4, 0.5) is 0 Å². The van der Waals surface area contributed by atoms with Gasteiger partial charge in [-0.2, -0.15) is 0 Å². The lowest BCUT2D eigenvalue weighted by molar-refractivity contribution is -0.158. The van der Waals surface area contributed by atoms with Crippen LogP contribution < -0.4 is 18.9 Å². The number of piperazine rings is 1. The predicted octanol–water partition coefficient (Wildman–Crippen LogP) is 3.54. The molecule has 8 atom stereocenters. The first-order valence-electron chi connectivity index (χ1n) is 15.4. The highest BCUT2D eigenvalue weighted by Gasteiger charge is 2.80. The normalized spacial score (nSPS) is 36.6. The number of fused-ring (bicyclic) bond motifs is 8. The number of nitrogens with zero attached hydrogens (tertiary/aromatic N) is 2. The first-order valence-corrected chi connectivity index (χ1v) is 16.5. The molecule has 2 aromatic carbocycles. The molecule has 4 unspecified atom stereocenters. The van der Waals surface area contributed by atoms with Gasteiger partial charge in [0.2, 0.25) is 12.6 Å². The van der Waals surface area contributed by atoms with Crippen molar-refractivity contribution in [3.63, 3.8) is 0 Å². The van der Waals surface area contributed by atoms with Crippen molar-refractivity contribution < 1.29 is 43.2 Å². The number of phenolic OH excluding ortho intramolecular Hbond substituents is 1. The molecule has 0 radical (unpaired) electrons. The Bertz CT molecular complexity index is 1790. The minimum absolute atomic E-state index is 0.00187. The average Bonchev–Trinajstić information content (AvgIpc) is 3.84. The zero-order valence-electron chi connectivity index (χ0n) is 25.9. The fourth-order valence-corrected chi connectivity index (χ4v) is 11.3. The number of hydrogen-bond donors (Lipinski definition) is 1. The number of likely N-dealkylation sites (N-methyl/N-ethyl adjacent to an activating group) is 1. The van der Waals surface area contributed by atoms with Crippen LogP contribution in [0, 0.1) is 13.8 Å². The number of hydrogen-bond acceptors (Lipinski definition) is 12. The third kappa shape index (κ3) is 3.09. The summed E-state index contributed by atoms with van der Waals surface area (Å²) in [6, 6.07) is 1.54. The van der Waals surface area contributed by atoms with Crippen LogP contribution in [0.5, 0.6) is 28.7 Å². The molecule has 1 N–H and O–H groups in total. The molecule has 11 nitrogen and oxygen atoms in total. The second-order valence-electron chi connectivity index (χ2n) is 13.5. The number of ketones is 1. The Balaban J connectivity index is 1.39. The third-order valence-electron chi connectivity index (χ3n) is 11.7. The summed E-state index contributed by atoms with van der Waals surface area (Å²) in [5.41, 5.74) is 3.99. The van der Waals surface area contributed by atoms with Crippen LogP contribution in [0.15, 0.2) is 6.07 Å². The number of carbonyl (C=O) groups is 3. The molecule has 5 aliphatic heterocycles. The number of rotatable bonds is 2. The minimum Gasteiger partial charge on any atom is -0.504 e. The number of ether oxygens (including phenoxy) is 5. The zero-order valence-corrected chi connectivity index (χ0v) is 26.7. The molecule has 2 aromatic rings. The van der Waals surface area contributed by atoms with Gasteiger partial charge in [0.15, 0.2) is 23.0 Å². The fourth-order valence-electron chi connectivity index (χ4n) is 9.96. The highest BCUT2D eigenvalue weighted by molar-refractivity contribution is 8.00. The number of Topliss-reactive ketones (excluding diaryl/α,β-unsaturated/α-hetero) is 1. The number of benzene rings is 2. The van der Waals surface area contributed by atoms with Crippen LogP contribution in [0.1, 0.15) is 77.3 Å². The Morgan fingerprint density at radius 1 is 1.13 bits per heavy atom. The lowest BCUT2D eigenvalue weighted by Crippen LogP contribution is -2.71. The van der Waals surface area contributed by atoms with E-state index in [4.69, 9.17) is 23.7 Å². The van der Waals surface area contributed by atoms with Gasteiger partial charge in [0.1, 0.15) is 11.9 Å². The van der Waals surface area contributed by atoms with E-state index < -0.39 is 34.6 Å². The quantitative estimate of drug-likeness (QED) is 0.295. The van der Waals surface area contributed by atoms with E-state index in [1.807, 2.05) is 13.8 Å². The maximum Gasteiger partial charge on any atom is 0.375 e. The molecule has 9 rings (SSSR count). The summed E-state index contributed by atoms with van der Waals surface area (Å²) >= 11 is 1.35. The highest BCUT2D eigenvalue weighted by atomic mass is 32.2. The zero-order chi connectivity index (χ0) is 31.5. The lowest BCUT2D eigenvalue weighted by Gasteiger charge is -2.64. The van der Waals surface area contributed by atoms with Crippen LogP contribution in [0.25, 0.3) is 0 Å². The third-order valence-corrected chi connectivity index (χ3v) is 13.0. The fraction of sp³-hybridized carbons (Fsp3) is 0.545. The van der Waals surface area contributed by atoms with Crippen molar-refractivity contribution in [3.8, 4) is 28.7 Å². The maximum atomic E-state index is 13.1. The number of phenols is 1. The van der Waals surface area contributed by atoms with Crippen molar-refractivity contribution in [1.29, 1.82) is 0 Å². The first kappa shape index (κ1) is 27.8.